The number of carbonyl (C=O) groups is 1. The van der Waals surface area contributed by atoms with Crippen LogP contribution in [-0.2, 0) is 22.6 Å². The van der Waals surface area contributed by atoms with Crippen molar-refractivity contribution in [3.63, 3.8) is 0 Å². The van der Waals surface area contributed by atoms with Crippen molar-refractivity contribution in [3.05, 3.63) is 95.4 Å². The molecule has 0 aliphatic heterocycles. The van der Waals surface area contributed by atoms with Crippen LogP contribution >= 0.6 is 11.6 Å². The maximum Gasteiger partial charge on any atom is 0.416 e. The zero-order valence-electron chi connectivity index (χ0n) is 18.5. The van der Waals surface area contributed by atoms with Gasteiger partial charge < -0.3 is 4.42 Å². The normalized spacial score (nSPS) is 11.9. The topological polar surface area (TPSA) is 93.4 Å². The quantitative estimate of drug-likeness (QED) is 0.316. The molecule has 0 N–H and O–H groups in total. The molecule has 1 amide bonds. The summed E-state index contributed by atoms with van der Waals surface area (Å²) in [6.07, 6.45) is 1.33. The Morgan fingerprint density at radius 1 is 1.08 bits per heavy atom. The van der Waals surface area contributed by atoms with Crippen molar-refractivity contribution in [1.29, 1.82) is 0 Å². The standard InChI is InChI=1S/C24H17ClF3N3O4S/c1-36(33,34)17-11-15(10-16(12-17)24(26,27)28)23(32)31(14-22-30-8-9-35-22)21-13-29-7-6-19(21)18-4-2-3-5-20(18)25/h2-13H,14H2,1H3. The summed E-state index contributed by atoms with van der Waals surface area (Å²) in [5.41, 5.74) is -0.561. The van der Waals surface area contributed by atoms with Crippen LogP contribution in [0.2, 0.25) is 5.02 Å². The zero-order chi connectivity index (χ0) is 26.1. The van der Waals surface area contributed by atoms with Gasteiger partial charge in [-0.25, -0.2) is 13.4 Å². The lowest BCUT2D eigenvalue weighted by Gasteiger charge is -2.25. The molecule has 0 unspecified atom stereocenters. The monoisotopic (exact) mass is 535 g/mol. The maximum absolute atomic E-state index is 13.7. The molecule has 0 radical (unpaired) electrons. The number of benzene rings is 2. The van der Waals surface area contributed by atoms with Gasteiger partial charge in [0.1, 0.15) is 12.8 Å². The highest BCUT2D eigenvalue weighted by molar-refractivity contribution is 7.90. The van der Waals surface area contributed by atoms with Crippen molar-refractivity contribution < 1.29 is 30.8 Å². The highest BCUT2D eigenvalue weighted by Crippen LogP contribution is 2.37. The number of rotatable bonds is 6. The first-order valence-electron chi connectivity index (χ1n) is 10.3. The van der Waals surface area contributed by atoms with Crippen molar-refractivity contribution in [2.45, 2.75) is 17.6 Å². The molecule has 4 aromatic rings. The number of alkyl halides is 3. The van der Waals surface area contributed by atoms with E-state index in [1.54, 1.807) is 30.3 Å². The number of pyridine rings is 1. The van der Waals surface area contributed by atoms with Gasteiger partial charge in [0, 0.05) is 34.2 Å². The Morgan fingerprint density at radius 3 is 2.47 bits per heavy atom. The summed E-state index contributed by atoms with van der Waals surface area (Å²) in [4.78, 5) is 22.3. The first-order chi connectivity index (χ1) is 16.9. The van der Waals surface area contributed by atoms with Gasteiger partial charge in [0.05, 0.1) is 28.5 Å². The second kappa shape index (κ2) is 9.75. The average molecular weight is 536 g/mol. The predicted molar refractivity (Wildman–Crippen MR) is 126 cm³/mol. The third-order valence-electron chi connectivity index (χ3n) is 5.19. The zero-order valence-corrected chi connectivity index (χ0v) is 20.1. The molecule has 0 aliphatic rings. The molecule has 0 fully saturated rings. The highest BCUT2D eigenvalue weighted by Gasteiger charge is 2.34. The molecule has 186 valence electrons. The largest absolute Gasteiger partial charge is 0.447 e. The van der Waals surface area contributed by atoms with Crippen LogP contribution in [0, 0.1) is 0 Å². The third-order valence-corrected chi connectivity index (χ3v) is 6.61. The fourth-order valence-corrected chi connectivity index (χ4v) is 4.42. The van der Waals surface area contributed by atoms with Crippen molar-refractivity contribution >= 4 is 33.0 Å². The van der Waals surface area contributed by atoms with Gasteiger partial charge in [0.2, 0.25) is 5.89 Å². The molecule has 2 aromatic heterocycles. The smallest absolute Gasteiger partial charge is 0.416 e. The summed E-state index contributed by atoms with van der Waals surface area (Å²) in [5.74, 6) is -0.835. The Bertz CT molecular complexity index is 1520. The van der Waals surface area contributed by atoms with Crippen molar-refractivity contribution in [2.24, 2.45) is 0 Å². The van der Waals surface area contributed by atoms with Crippen molar-refractivity contribution in [1.82, 2.24) is 9.97 Å². The summed E-state index contributed by atoms with van der Waals surface area (Å²) < 4.78 is 70.3. The Hall–Kier alpha value is -3.70. The number of sulfone groups is 1. The fourth-order valence-electron chi connectivity index (χ4n) is 3.50. The van der Waals surface area contributed by atoms with Crippen LogP contribution in [-0.4, -0.2) is 30.5 Å². The fraction of sp³-hybridized carbons (Fsp3) is 0.125. The molecule has 7 nitrogen and oxygen atoms in total. The van der Waals surface area contributed by atoms with Crippen LogP contribution in [0.1, 0.15) is 21.8 Å². The van der Waals surface area contributed by atoms with E-state index >= 15 is 0 Å². The van der Waals surface area contributed by atoms with E-state index in [4.69, 9.17) is 16.0 Å². The second-order valence-corrected chi connectivity index (χ2v) is 10.1. The number of aromatic nitrogens is 2. The van der Waals surface area contributed by atoms with E-state index in [1.165, 1.54) is 24.9 Å². The van der Waals surface area contributed by atoms with Crippen LogP contribution in [0.5, 0.6) is 0 Å². The van der Waals surface area contributed by atoms with Gasteiger partial charge in [-0.1, -0.05) is 29.8 Å². The molecular formula is C24H17ClF3N3O4S. The van der Waals surface area contributed by atoms with Crippen LogP contribution in [0.4, 0.5) is 18.9 Å². The number of oxazole rings is 1. The lowest BCUT2D eigenvalue weighted by atomic mass is 10.0. The lowest BCUT2D eigenvalue weighted by Crippen LogP contribution is -2.31. The molecule has 0 saturated carbocycles. The maximum atomic E-state index is 13.7. The van der Waals surface area contributed by atoms with E-state index in [-0.39, 0.29) is 18.1 Å². The van der Waals surface area contributed by atoms with Crippen LogP contribution in [0.15, 0.2) is 82.7 Å². The number of carbonyl (C=O) groups excluding carboxylic acids is 1. The summed E-state index contributed by atoms with van der Waals surface area (Å²) in [5, 5.41) is 0.368. The number of nitrogens with zero attached hydrogens (tertiary/aromatic N) is 3. The number of hydrogen-bond acceptors (Lipinski definition) is 6. The molecule has 0 atom stereocenters. The van der Waals surface area contributed by atoms with Crippen LogP contribution in [0.3, 0.4) is 0 Å². The number of halogens is 4. The van der Waals surface area contributed by atoms with E-state index in [0.717, 1.165) is 17.2 Å². The number of amides is 1. The summed E-state index contributed by atoms with van der Waals surface area (Å²) in [6, 6.07) is 10.4. The van der Waals surface area contributed by atoms with Gasteiger partial charge >= 0.3 is 6.18 Å². The molecule has 0 saturated heterocycles. The number of anilines is 1. The molecule has 2 heterocycles. The Labute approximate surface area is 209 Å². The van der Waals surface area contributed by atoms with E-state index in [0.29, 0.717) is 28.3 Å². The summed E-state index contributed by atoms with van der Waals surface area (Å²) in [7, 11) is -4.07. The van der Waals surface area contributed by atoms with Crippen LogP contribution in [0.25, 0.3) is 11.1 Å². The number of hydrogen-bond donors (Lipinski definition) is 0. The van der Waals surface area contributed by atoms with E-state index in [1.807, 2.05) is 0 Å². The average Bonchev–Trinajstić information content (AvgIpc) is 3.34. The lowest BCUT2D eigenvalue weighted by molar-refractivity contribution is -0.137. The van der Waals surface area contributed by atoms with Gasteiger partial charge in [-0.05, 0) is 30.3 Å². The van der Waals surface area contributed by atoms with Crippen LogP contribution < -0.4 is 4.90 Å². The van der Waals surface area contributed by atoms with Gasteiger partial charge in [-0.15, -0.1) is 0 Å². The first kappa shape index (κ1) is 25.4. The Morgan fingerprint density at radius 2 is 1.83 bits per heavy atom. The third kappa shape index (κ3) is 5.42. The Balaban J connectivity index is 1.92. The molecular weight excluding hydrogens is 519 g/mol. The van der Waals surface area contributed by atoms with Gasteiger partial charge in [-0.2, -0.15) is 13.2 Å². The SMILES string of the molecule is CS(=O)(=O)c1cc(C(=O)N(Cc2ncco2)c2cnccc2-c2ccccc2Cl)cc(C(F)(F)F)c1. The van der Waals surface area contributed by atoms with E-state index in [2.05, 4.69) is 9.97 Å². The minimum Gasteiger partial charge on any atom is -0.447 e. The predicted octanol–water partition coefficient (Wildman–Crippen LogP) is 5.66. The first-order valence-corrected chi connectivity index (χ1v) is 12.5. The van der Waals surface area contributed by atoms with Gasteiger partial charge in [0.25, 0.3) is 5.91 Å². The molecule has 36 heavy (non-hydrogen) atoms. The second-order valence-electron chi connectivity index (χ2n) is 7.71. The molecule has 12 heteroatoms. The highest BCUT2D eigenvalue weighted by atomic mass is 35.5. The van der Waals surface area contributed by atoms with Gasteiger partial charge in [-0.3, -0.25) is 14.7 Å². The van der Waals surface area contributed by atoms with Gasteiger partial charge in [0.15, 0.2) is 9.84 Å². The summed E-state index contributed by atoms with van der Waals surface area (Å²) in [6.45, 7) is -0.278. The molecule has 4 rings (SSSR count). The van der Waals surface area contributed by atoms with Crippen molar-refractivity contribution in [2.75, 3.05) is 11.2 Å². The Kier molecular flexibility index (Phi) is 6.87. The minimum atomic E-state index is -4.89. The van der Waals surface area contributed by atoms with E-state index < -0.39 is 37.9 Å². The minimum absolute atomic E-state index is 0.0904. The molecule has 2 aromatic carbocycles. The van der Waals surface area contributed by atoms with Crippen molar-refractivity contribution in [3.8, 4) is 11.1 Å². The summed E-state index contributed by atoms with van der Waals surface area (Å²) >= 11 is 6.37. The molecule has 0 spiro atoms. The molecule has 0 bridgehead atoms. The van der Waals surface area contributed by atoms with E-state index in [9.17, 15) is 26.4 Å². The molecule has 0 aliphatic carbocycles.